The Hall–Kier alpha value is -2.31. The molecule has 26 heavy (non-hydrogen) atoms. The van der Waals surface area contributed by atoms with Gasteiger partial charge in [-0.05, 0) is 31.2 Å². The first kappa shape index (κ1) is 18.5. The summed E-state index contributed by atoms with van der Waals surface area (Å²) in [5, 5.41) is 3.01. The standard InChI is InChI=1S/C20H26N2O4/c1-16-7-8-19(26-16)18(22-10-13-24-14-11-22)15-21-20(23)9-12-25-17-5-3-2-4-6-17/h2-8,18H,9-15H2,1H3,(H,21,23)/t18-/m1/s1. The summed E-state index contributed by atoms with van der Waals surface area (Å²) in [5.74, 6) is 2.51. The highest BCUT2D eigenvalue weighted by molar-refractivity contribution is 5.76. The number of hydrogen-bond donors (Lipinski definition) is 1. The van der Waals surface area contributed by atoms with Crippen molar-refractivity contribution in [2.45, 2.75) is 19.4 Å². The van der Waals surface area contributed by atoms with Crippen molar-refractivity contribution in [3.05, 3.63) is 54.0 Å². The molecule has 1 aromatic heterocycles. The van der Waals surface area contributed by atoms with E-state index in [1.54, 1.807) is 0 Å². The molecule has 1 aliphatic heterocycles. The molecule has 0 aliphatic carbocycles. The number of para-hydroxylation sites is 1. The van der Waals surface area contributed by atoms with Crippen LogP contribution < -0.4 is 10.1 Å². The third-order valence-electron chi connectivity index (χ3n) is 4.41. The molecule has 6 nitrogen and oxygen atoms in total. The summed E-state index contributed by atoms with van der Waals surface area (Å²) in [5.41, 5.74) is 0. The summed E-state index contributed by atoms with van der Waals surface area (Å²) in [6, 6.07) is 13.5. The molecule has 1 aromatic carbocycles. The number of amides is 1. The van der Waals surface area contributed by atoms with Gasteiger partial charge in [0.25, 0.3) is 0 Å². The Labute approximate surface area is 154 Å². The van der Waals surface area contributed by atoms with Gasteiger partial charge in [0, 0.05) is 19.6 Å². The van der Waals surface area contributed by atoms with Gasteiger partial charge < -0.3 is 19.2 Å². The van der Waals surface area contributed by atoms with Gasteiger partial charge in [-0.3, -0.25) is 9.69 Å². The molecule has 0 bridgehead atoms. The van der Waals surface area contributed by atoms with E-state index in [0.29, 0.717) is 32.8 Å². The molecule has 3 rings (SSSR count). The van der Waals surface area contributed by atoms with Gasteiger partial charge in [-0.2, -0.15) is 0 Å². The molecule has 0 spiro atoms. The summed E-state index contributed by atoms with van der Waals surface area (Å²) in [6.45, 7) is 5.87. The van der Waals surface area contributed by atoms with Crippen molar-refractivity contribution < 1.29 is 18.7 Å². The maximum atomic E-state index is 12.2. The Morgan fingerprint density at radius 3 is 2.65 bits per heavy atom. The molecule has 1 aliphatic rings. The lowest BCUT2D eigenvalue weighted by Gasteiger charge is -2.33. The maximum absolute atomic E-state index is 12.2. The van der Waals surface area contributed by atoms with E-state index in [0.717, 1.165) is 30.4 Å². The van der Waals surface area contributed by atoms with Crippen LogP contribution >= 0.6 is 0 Å². The smallest absolute Gasteiger partial charge is 0.223 e. The van der Waals surface area contributed by atoms with Crippen LogP contribution in [0, 0.1) is 6.92 Å². The second kappa shape index (κ2) is 9.40. The third kappa shape index (κ3) is 5.34. The molecular formula is C20H26N2O4. The number of benzene rings is 1. The number of carbonyl (C=O) groups is 1. The molecule has 1 N–H and O–H groups in total. The number of aryl methyl sites for hydroxylation is 1. The van der Waals surface area contributed by atoms with Crippen LogP contribution in [0.4, 0.5) is 0 Å². The van der Waals surface area contributed by atoms with Crippen molar-refractivity contribution >= 4 is 5.91 Å². The van der Waals surface area contributed by atoms with Crippen molar-refractivity contribution in [2.24, 2.45) is 0 Å². The first-order valence-corrected chi connectivity index (χ1v) is 9.05. The van der Waals surface area contributed by atoms with Gasteiger partial charge in [0.1, 0.15) is 17.3 Å². The molecule has 0 radical (unpaired) electrons. The maximum Gasteiger partial charge on any atom is 0.223 e. The first-order chi connectivity index (χ1) is 12.7. The summed E-state index contributed by atoms with van der Waals surface area (Å²) in [4.78, 5) is 14.5. The van der Waals surface area contributed by atoms with Crippen LogP contribution in [0.25, 0.3) is 0 Å². The Balaban J connectivity index is 1.49. The van der Waals surface area contributed by atoms with Gasteiger partial charge in [0.15, 0.2) is 0 Å². The van der Waals surface area contributed by atoms with Gasteiger partial charge in [0.2, 0.25) is 5.91 Å². The monoisotopic (exact) mass is 358 g/mol. The topological polar surface area (TPSA) is 63.9 Å². The normalized spacial score (nSPS) is 16.2. The van der Waals surface area contributed by atoms with Gasteiger partial charge in [-0.25, -0.2) is 0 Å². The average Bonchev–Trinajstić information content (AvgIpc) is 3.10. The Kier molecular flexibility index (Phi) is 6.68. The van der Waals surface area contributed by atoms with Gasteiger partial charge in [-0.1, -0.05) is 18.2 Å². The molecule has 2 heterocycles. The van der Waals surface area contributed by atoms with Crippen molar-refractivity contribution in [3.63, 3.8) is 0 Å². The van der Waals surface area contributed by atoms with Gasteiger partial charge in [-0.15, -0.1) is 0 Å². The summed E-state index contributed by atoms with van der Waals surface area (Å²) < 4.78 is 16.8. The van der Waals surface area contributed by atoms with Crippen LogP contribution in [0.15, 0.2) is 46.9 Å². The van der Waals surface area contributed by atoms with Crippen LogP contribution in [0.2, 0.25) is 0 Å². The largest absolute Gasteiger partial charge is 0.493 e. The summed E-state index contributed by atoms with van der Waals surface area (Å²) in [6.07, 6.45) is 0.321. The molecular weight excluding hydrogens is 332 g/mol. The van der Waals surface area contributed by atoms with E-state index in [1.807, 2.05) is 49.4 Å². The number of ether oxygens (including phenoxy) is 2. The number of nitrogens with zero attached hydrogens (tertiary/aromatic N) is 1. The van der Waals surface area contributed by atoms with E-state index in [4.69, 9.17) is 13.9 Å². The highest BCUT2D eigenvalue weighted by Crippen LogP contribution is 2.23. The Morgan fingerprint density at radius 2 is 1.96 bits per heavy atom. The van der Waals surface area contributed by atoms with Crippen molar-refractivity contribution in [3.8, 4) is 5.75 Å². The van der Waals surface area contributed by atoms with Crippen LogP contribution in [-0.2, 0) is 9.53 Å². The predicted octanol–water partition coefficient (Wildman–Crippen LogP) is 2.55. The van der Waals surface area contributed by atoms with Crippen LogP contribution in [0.3, 0.4) is 0 Å². The number of hydrogen-bond acceptors (Lipinski definition) is 5. The van der Waals surface area contributed by atoms with Crippen molar-refractivity contribution in [1.29, 1.82) is 0 Å². The van der Waals surface area contributed by atoms with E-state index >= 15 is 0 Å². The van der Waals surface area contributed by atoms with E-state index in [-0.39, 0.29) is 11.9 Å². The first-order valence-electron chi connectivity index (χ1n) is 9.05. The number of furan rings is 1. The number of carbonyl (C=O) groups excluding carboxylic acids is 1. The molecule has 1 atom stereocenters. The molecule has 1 saturated heterocycles. The Morgan fingerprint density at radius 1 is 1.19 bits per heavy atom. The fraction of sp³-hybridized carbons (Fsp3) is 0.450. The van der Waals surface area contributed by atoms with E-state index in [2.05, 4.69) is 10.2 Å². The van der Waals surface area contributed by atoms with Crippen LogP contribution in [0.5, 0.6) is 5.75 Å². The molecule has 140 valence electrons. The molecule has 1 amide bonds. The highest BCUT2D eigenvalue weighted by atomic mass is 16.5. The molecule has 0 saturated carbocycles. The van der Waals surface area contributed by atoms with Crippen molar-refractivity contribution in [1.82, 2.24) is 10.2 Å². The van der Waals surface area contributed by atoms with Crippen molar-refractivity contribution in [2.75, 3.05) is 39.5 Å². The lowest BCUT2D eigenvalue weighted by molar-refractivity contribution is -0.122. The minimum Gasteiger partial charge on any atom is -0.493 e. The third-order valence-corrected chi connectivity index (χ3v) is 4.41. The number of morpholine rings is 1. The zero-order valence-corrected chi connectivity index (χ0v) is 15.1. The molecule has 0 unspecified atom stereocenters. The van der Waals surface area contributed by atoms with E-state index in [1.165, 1.54) is 0 Å². The van der Waals surface area contributed by atoms with Crippen LogP contribution in [0.1, 0.15) is 24.0 Å². The lowest BCUT2D eigenvalue weighted by atomic mass is 10.1. The number of rotatable bonds is 8. The van der Waals surface area contributed by atoms with E-state index in [9.17, 15) is 4.79 Å². The van der Waals surface area contributed by atoms with Crippen LogP contribution in [-0.4, -0.2) is 50.3 Å². The summed E-state index contributed by atoms with van der Waals surface area (Å²) in [7, 11) is 0. The minimum absolute atomic E-state index is 0.0200. The molecule has 6 heteroatoms. The van der Waals surface area contributed by atoms with E-state index < -0.39 is 0 Å². The minimum atomic E-state index is -0.0255. The fourth-order valence-corrected chi connectivity index (χ4v) is 3.01. The quantitative estimate of drug-likeness (QED) is 0.786. The molecule has 1 fully saturated rings. The Bertz CT molecular complexity index is 680. The fourth-order valence-electron chi connectivity index (χ4n) is 3.01. The average molecular weight is 358 g/mol. The number of nitrogens with one attached hydrogen (secondary N) is 1. The highest BCUT2D eigenvalue weighted by Gasteiger charge is 2.25. The lowest BCUT2D eigenvalue weighted by Crippen LogP contribution is -2.43. The zero-order valence-electron chi connectivity index (χ0n) is 15.1. The SMILES string of the molecule is Cc1ccc([C@@H](CNC(=O)CCOc2ccccc2)N2CCOCC2)o1. The van der Waals surface area contributed by atoms with Gasteiger partial charge in [0.05, 0.1) is 32.3 Å². The second-order valence-electron chi connectivity index (χ2n) is 6.33. The summed E-state index contributed by atoms with van der Waals surface area (Å²) >= 11 is 0. The second-order valence-corrected chi connectivity index (χ2v) is 6.33. The van der Waals surface area contributed by atoms with Gasteiger partial charge >= 0.3 is 0 Å². The molecule has 2 aromatic rings. The predicted molar refractivity (Wildman–Crippen MR) is 98.1 cm³/mol. The zero-order chi connectivity index (χ0) is 18.2.